The van der Waals surface area contributed by atoms with Crippen LogP contribution in [0.2, 0.25) is 0 Å². The monoisotopic (exact) mass is 735 g/mol. The van der Waals surface area contributed by atoms with Crippen molar-refractivity contribution in [2.75, 3.05) is 20.3 Å². The van der Waals surface area contributed by atoms with Gasteiger partial charge < -0.3 is 34.3 Å². The van der Waals surface area contributed by atoms with Crippen molar-refractivity contribution in [2.45, 2.75) is 102 Å². The number of likely N-dealkylation sites (tertiary alicyclic amines) is 1. The Morgan fingerprint density at radius 3 is 2.19 bits per heavy atom. The van der Waals surface area contributed by atoms with Crippen molar-refractivity contribution in [3.8, 4) is 0 Å². The van der Waals surface area contributed by atoms with Crippen LogP contribution >= 0.6 is 0 Å². The first-order valence-corrected chi connectivity index (χ1v) is 19.6. The quantitative estimate of drug-likeness (QED) is 0.148. The minimum atomic E-state index is -1.05. The molecule has 7 atom stereocenters. The molecule has 2 aliphatic heterocycles. The normalized spacial score (nSPS) is 26.4. The first kappa shape index (κ1) is 38.1. The van der Waals surface area contributed by atoms with Crippen molar-refractivity contribution >= 4 is 25.0 Å². The molecule has 5 aliphatic rings. The number of ether oxygens (including phenoxy) is 2. The third-order valence-electron chi connectivity index (χ3n) is 12.7. The van der Waals surface area contributed by atoms with E-state index in [0.717, 1.165) is 29.5 Å². The molecule has 3 aliphatic carbocycles. The van der Waals surface area contributed by atoms with Crippen LogP contribution in [-0.4, -0.2) is 79.9 Å². The lowest BCUT2D eigenvalue weighted by atomic mass is 9.43. The Bertz CT molecular complexity index is 1710. The van der Waals surface area contributed by atoms with Gasteiger partial charge in [0.15, 0.2) is 0 Å². The summed E-state index contributed by atoms with van der Waals surface area (Å²) < 4.78 is 24.5. The van der Waals surface area contributed by atoms with Gasteiger partial charge in [0.05, 0.1) is 17.6 Å². The van der Waals surface area contributed by atoms with Crippen LogP contribution in [-0.2, 0) is 35.0 Å². The summed E-state index contributed by atoms with van der Waals surface area (Å²) in [6.07, 6.45) is 3.82. The second kappa shape index (κ2) is 16.3. The highest BCUT2D eigenvalue weighted by Gasteiger charge is 2.68. The first-order chi connectivity index (χ1) is 26.1. The summed E-state index contributed by atoms with van der Waals surface area (Å²) in [5, 5.41) is 6.23. The molecule has 10 nitrogen and oxygen atoms in total. The first-order valence-electron chi connectivity index (χ1n) is 19.6. The Balaban J connectivity index is 1.12. The van der Waals surface area contributed by atoms with Crippen molar-refractivity contribution in [3.63, 3.8) is 0 Å². The Kier molecular flexibility index (Phi) is 11.5. The molecule has 5 fully saturated rings. The van der Waals surface area contributed by atoms with Gasteiger partial charge in [-0.05, 0) is 79.4 Å². The molecule has 8 rings (SSSR count). The summed E-state index contributed by atoms with van der Waals surface area (Å²) in [5.74, 6) is -0.557. The van der Waals surface area contributed by atoms with Crippen molar-refractivity contribution in [2.24, 2.45) is 17.3 Å². The molecule has 3 saturated carbocycles. The third-order valence-corrected chi connectivity index (χ3v) is 12.7. The van der Waals surface area contributed by atoms with Gasteiger partial charge in [0.1, 0.15) is 18.7 Å². The van der Waals surface area contributed by atoms with Crippen LogP contribution < -0.4 is 10.6 Å². The second-order valence-electron chi connectivity index (χ2n) is 16.3. The number of rotatable bonds is 14. The molecule has 3 amide bonds. The molecule has 1 unspecified atom stereocenters. The molecule has 2 N–H and O–H groups in total. The van der Waals surface area contributed by atoms with E-state index in [1.54, 1.807) is 12.0 Å². The van der Waals surface area contributed by atoms with Gasteiger partial charge in [-0.15, -0.1) is 0 Å². The highest BCUT2D eigenvalue weighted by atomic mass is 16.7. The van der Waals surface area contributed by atoms with E-state index in [1.165, 1.54) is 0 Å². The fourth-order valence-corrected chi connectivity index (χ4v) is 9.63. The number of benzene rings is 3. The van der Waals surface area contributed by atoms with Crippen LogP contribution in [0.1, 0.15) is 81.9 Å². The zero-order valence-electron chi connectivity index (χ0n) is 31.9. The van der Waals surface area contributed by atoms with Gasteiger partial charge in [0.2, 0.25) is 11.8 Å². The Labute approximate surface area is 319 Å². The average molecular weight is 736 g/mol. The maximum absolute atomic E-state index is 14.9. The van der Waals surface area contributed by atoms with E-state index >= 15 is 0 Å². The van der Waals surface area contributed by atoms with Gasteiger partial charge in [-0.3, -0.25) is 9.59 Å². The van der Waals surface area contributed by atoms with E-state index in [4.69, 9.17) is 18.8 Å². The van der Waals surface area contributed by atoms with E-state index in [-0.39, 0.29) is 29.9 Å². The fourth-order valence-electron chi connectivity index (χ4n) is 9.63. The SMILES string of the molecule is COCCCC(NC(=O)[C@@H]1CCCN1C(=O)[C@H](NC(=O)OCc1ccccc1)C(c1ccccc1)c1ccccc1)B1O[C@@H]2C[C@@H]3C[C@@H](C3(C)C)[C@]2(C)O1. The Hall–Kier alpha value is -4.19. The molecule has 0 aromatic heterocycles. The van der Waals surface area contributed by atoms with Gasteiger partial charge in [0, 0.05) is 26.2 Å². The zero-order valence-corrected chi connectivity index (χ0v) is 31.9. The molecule has 3 aromatic rings. The van der Waals surface area contributed by atoms with E-state index < -0.39 is 42.8 Å². The van der Waals surface area contributed by atoms with Crippen LogP contribution in [0.4, 0.5) is 4.79 Å². The summed E-state index contributed by atoms with van der Waals surface area (Å²) in [5.41, 5.74) is 2.32. The van der Waals surface area contributed by atoms with Gasteiger partial charge in [0.25, 0.3) is 0 Å². The number of carbonyl (C=O) groups is 3. The summed E-state index contributed by atoms with van der Waals surface area (Å²) >= 11 is 0. The molecule has 2 saturated heterocycles. The van der Waals surface area contributed by atoms with Crippen LogP contribution in [0.25, 0.3) is 0 Å². The molecule has 2 heterocycles. The minimum Gasteiger partial charge on any atom is -0.445 e. The lowest BCUT2D eigenvalue weighted by Gasteiger charge is -2.64. The predicted molar refractivity (Wildman–Crippen MR) is 206 cm³/mol. The van der Waals surface area contributed by atoms with E-state index in [0.29, 0.717) is 50.7 Å². The number of hydrogen-bond acceptors (Lipinski definition) is 7. The standard InChI is InChI=1S/C43H54BN3O7/c1-42(2)32-26-34(42)43(3)35(27-32)53-44(54-43)36(23-15-25-51-4)45-39(48)33-22-14-24-47(33)40(49)38(46-41(50)52-28-29-16-8-5-9-17-29)37(30-18-10-6-11-19-30)31-20-12-7-13-21-31/h5-13,16-21,32-38H,14-15,22-28H2,1-4H3,(H,45,48)(H,46,50)/t32-,33-,34-,35+,36?,38+,43-/m0/s1. The van der Waals surface area contributed by atoms with Gasteiger partial charge in [-0.1, -0.05) is 105 Å². The number of carbonyl (C=O) groups excluding carboxylic acids is 3. The summed E-state index contributed by atoms with van der Waals surface area (Å²) in [4.78, 5) is 44.5. The van der Waals surface area contributed by atoms with Crippen LogP contribution in [0.5, 0.6) is 0 Å². The number of amides is 3. The summed E-state index contributed by atoms with van der Waals surface area (Å²) in [6.45, 7) is 7.82. The minimum absolute atomic E-state index is 0.0213. The molecule has 11 heteroatoms. The highest BCUT2D eigenvalue weighted by molar-refractivity contribution is 6.48. The maximum Gasteiger partial charge on any atom is 0.481 e. The van der Waals surface area contributed by atoms with Crippen molar-refractivity contribution in [1.82, 2.24) is 15.5 Å². The van der Waals surface area contributed by atoms with E-state index in [1.807, 2.05) is 91.0 Å². The van der Waals surface area contributed by atoms with Crippen molar-refractivity contribution in [1.29, 1.82) is 0 Å². The van der Waals surface area contributed by atoms with Gasteiger partial charge in [-0.25, -0.2) is 4.79 Å². The van der Waals surface area contributed by atoms with Gasteiger partial charge >= 0.3 is 13.2 Å². The zero-order chi connectivity index (χ0) is 37.9. The molecule has 3 aromatic carbocycles. The largest absolute Gasteiger partial charge is 0.481 e. The molecule has 0 spiro atoms. The van der Waals surface area contributed by atoms with Crippen molar-refractivity contribution in [3.05, 3.63) is 108 Å². The Morgan fingerprint density at radius 2 is 1.56 bits per heavy atom. The summed E-state index contributed by atoms with van der Waals surface area (Å²) in [7, 11) is 1.07. The fraction of sp³-hybridized carbons (Fsp3) is 0.512. The highest BCUT2D eigenvalue weighted by Crippen LogP contribution is 2.65. The molecule has 286 valence electrons. The number of methoxy groups -OCH3 is 1. The van der Waals surface area contributed by atoms with Crippen LogP contribution in [0.15, 0.2) is 91.0 Å². The molecular formula is C43H54BN3O7. The molecule has 54 heavy (non-hydrogen) atoms. The number of alkyl carbamates (subject to hydrolysis) is 1. The smallest absolute Gasteiger partial charge is 0.445 e. The summed E-state index contributed by atoms with van der Waals surface area (Å²) in [6, 6.07) is 27.0. The third kappa shape index (κ3) is 7.68. The second-order valence-corrected chi connectivity index (χ2v) is 16.3. The van der Waals surface area contributed by atoms with Crippen molar-refractivity contribution < 1.29 is 33.2 Å². The van der Waals surface area contributed by atoms with Crippen LogP contribution in [0, 0.1) is 17.3 Å². The molecule has 0 radical (unpaired) electrons. The van der Waals surface area contributed by atoms with E-state index in [9.17, 15) is 14.4 Å². The van der Waals surface area contributed by atoms with Gasteiger partial charge in [-0.2, -0.15) is 0 Å². The van der Waals surface area contributed by atoms with E-state index in [2.05, 4.69) is 31.4 Å². The molecular weight excluding hydrogens is 681 g/mol. The lowest BCUT2D eigenvalue weighted by Crippen LogP contribution is -2.65. The number of hydrogen-bond donors (Lipinski definition) is 2. The number of nitrogens with zero attached hydrogens (tertiary/aromatic N) is 1. The topological polar surface area (TPSA) is 115 Å². The number of nitrogens with one attached hydrogen (secondary N) is 2. The average Bonchev–Trinajstić information content (AvgIpc) is 3.82. The lowest BCUT2D eigenvalue weighted by molar-refractivity contribution is -0.199. The molecule has 2 bridgehead atoms. The predicted octanol–water partition coefficient (Wildman–Crippen LogP) is 6.28. The maximum atomic E-state index is 14.9. The Morgan fingerprint density at radius 1 is 0.907 bits per heavy atom. The van der Waals surface area contributed by atoms with Crippen LogP contribution in [0.3, 0.4) is 0 Å².